The lowest BCUT2D eigenvalue weighted by atomic mass is 10.1. The number of benzene rings is 1. The molecule has 0 radical (unpaired) electrons. The highest BCUT2D eigenvalue weighted by atomic mass is 16.8. The van der Waals surface area contributed by atoms with Gasteiger partial charge < -0.3 is 15.1 Å². The Morgan fingerprint density at radius 2 is 2.13 bits per heavy atom. The quantitative estimate of drug-likeness (QED) is 0.277. The number of hydrazine groups is 1. The molecule has 0 aromatic heterocycles. The van der Waals surface area contributed by atoms with Crippen LogP contribution in [-0.2, 0) is 14.4 Å². The zero-order valence-corrected chi connectivity index (χ0v) is 12.5. The van der Waals surface area contributed by atoms with Crippen LogP contribution in [0.25, 0.3) is 0 Å². The molecule has 1 aliphatic rings. The maximum Gasteiger partial charge on any atom is 0.341 e. The highest BCUT2D eigenvalue weighted by Gasteiger charge is 2.33. The van der Waals surface area contributed by atoms with Gasteiger partial charge in [-0.05, 0) is 18.6 Å². The number of ether oxygens (including phenoxy) is 1. The molecule has 124 valence electrons. The first kappa shape index (κ1) is 16.5. The average molecular weight is 323 g/mol. The number of carbonyl (C=O) groups is 2. The molecule has 9 heteroatoms. The molecule has 1 fully saturated rings. The van der Waals surface area contributed by atoms with Gasteiger partial charge in [0.15, 0.2) is 0 Å². The van der Waals surface area contributed by atoms with Gasteiger partial charge in [0, 0.05) is 6.92 Å². The minimum atomic E-state index is -1.06. The van der Waals surface area contributed by atoms with Crippen molar-refractivity contribution in [1.29, 1.82) is 0 Å². The van der Waals surface area contributed by atoms with Gasteiger partial charge in [0.05, 0.1) is 29.5 Å². The molecule has 0 saturated carbocycles. The third kappa shape index (κ3) is 4.56. The second-order valence-corrected chi connectivity index (χ2v) is 5.02. The van der Waals surface area contributed by atoms with Crippen LogP contribution in [0.5, 0.6) is 0 Å². The van der Waals surface area contributed by atoms with Gasteiger partial charge in [0.25, 0.3) is 6.29 Å². The van der Waals surface area contributed by atoms with Gasteiger partial charge in [0.2, 0.25) is 5.28 Å². The average Bonchev–Trinajstić information content (AvgIpc) is 3.03. The zero-order valence-electron chi connectivity index (χ0n) is 12.5. The molecule has 1 aliphatic heterocycles. The Hall–Kier alpha value is -2.84. The molecule has 1 aromatic carbocycles. The van der Waals surface area contributed by atoms with Crippen molar-refractivity contribution >= 4 is 11.9 Å². The highest BCUT2D eigenvalue weighted by molar-refractivity contribution is 5.89. The summed E-state index contributed by atoms with van der Waals surface area (Å²) in [6, 6.07) is 8.32. The molecular formula is C14H17N3O6. The van der Waals surface area contributed by atoms with E-state index in [2.05, 4.69) is 5.28 Å². The fourth-order valence-electron chi connectivity index (χ4n) is 2.07. The summed E-state index contributed by atoms with van der Waals surface area (Å²) >= 11 is 0. The van der Waals surface area contributed by atoms with Gasteiger partial charge in [-0.3, -0.25) is 9.63 Å². The number of carboxylic acids is 1. The Kier molecular flexibility index (Phi) is 5.34. The van der Waals surface area contributed by atoms with Crippen LogP contribution in [-0.4, -0.2) is 46.4 Å². The van der Waals surface area contributed by atoms with Crippen molar-refractivity contribution in [2.45, 2.75) is 19.6 Å². The maximum atomic E-state index is 11.8. The monoisotopic (exact) mass is 323 g/mol. The zero-order chi connectivity index (χ0) is 16.8. The number of esters is 1. The van der Waals surface area contributed by atoms with E-state index in [4.69, 9.17) is 14.7 Å². The van der Waals surface area contributed by atoms with E-state index in [1.807, 2.05) is 0 Å². The first-order chi connectivity index (χ1) is 11.0. The number of hydrogen-bond acceptors (Lipinski definition) is 6. The largest absolute Gasteiger partial charge is 0.569 e. The van der Waals surface area contributed by atoms with Crippen molar-refractivity contribution in [3.05, 3.63) is 41.1 Å². The number of carboxylic acid groups (broad SMARTS) is 1. The minimum Gasteiger partial charge on any atom is -0.569 e. The molecule has 23 heavy (non-hydrogen) atoms. The van der Waals surface area contributed by atoms with Crippen LogP contribution in [0.1, 0.15) is 23.7 Å². The summed E-state index contributed by atoms with van der Waals surface area (Å²) in [5.41, 5.74) is 0.353. The molecule has 0 bridgehead atoms. The Labute approximate surface area is 132 Å². The Morgan fingerprint density at radius 1 is 1.43 bits per heavy atom. The van der Waals surface area contributed by atoms with E-state index in [9.17, 15) is 14.8 Å². The Bertz CT molecular complexity index is 591. The van der Waals surface area contributed by atoms with E-state index in [0.717, 1.165) is 0 Å². The number of aliphatic carboxylic acids is 1. The lowest BCUT2D eigenvalue weighted by Gasteiger charge is -2.13. The van der Waals surface area contributed by atoms with Crippen molar-refractivity contribution in [3.8, 4) is 0 Å². The number of rotatable bonds is 6. The summed E-state index contributed by atoms with van der Waals surface area (Å²) in [4.78, 5) is 27.6. The highest BCUT2D eigenvalue weighted by Crippen LogP contribution is 2.16. The van der Waals surface area contributed by atoms with Gasteiger partial charge in [0.1, 0.15) is 0 Å². The van der Waals surface area contributed by atoms with Gasteiger partial charge in [-0.1, -0.05) is 18.2 Å². The minimum absolute atomic E-state index is 0.0594. The fourth-order valence-corrected chi connectivity index (χ4v) is 2.07. The maximum absolute atomic E-state index is 11.8. The standard InChI is InChI=1S/C14H17N3O6/c1-10(22-14(20)11-5-3-2-4-6-11)23-15-17(21)16-8-7-12(9-16)13(18)19/h2-6,10,12H,7-9H2,1H3,(H,18,19)/b17-15+. The van der Waals surface area contributed by atoms with Gasteiger partial charge in [-0.25, -0.2) is 4.79 Å². The Morgan fingerprint density at radius 3 is 2.74 bits per heavy atom. The van der Waals surface area contributed by atoms with Crippen LogP contribution in [0.2, 0.25) is 0 Å². The summed E-state index contributed by atoms with van der Waals surface area (Å²) in [6.45, 7) is 1.75. The molecule has 2 rings (SSSR count). The lowest BCUT2D eigenvalue weighted by Crippen LogP contribution is -2.30. The van der Waals surface area contributed by atoms with Crippen LogP contribution in [0.3, 0.4) is 0 Å². The van der Waals surface area contributed by atoms with E-state index in [0.29, 0.717) is 12.0 Å². The number of carbonyl (C=O) groups excluding carboxylic acids is 1. The fraction of sp³-hybridized carbons (Fsp3) is 0.429. The summed E-state index contributed by atoms with van der Waals surface area (Å²) in [6.07, 6.45) is -0.695. The van der Waals surface area contributed by atoms with E-state index >= 15 is 0 Å². The Balaban J connectivity index is 1.82. The molecule has 1 saturated heterocycles. The normalized spacial score (nSPS) is 19.3. The molecule has 1 aromatic rings. The van der Waals surface area contributed by atoms with E-state index < -0.39 is 24.1 Å². The molecule has 2 atom stereocenters. The molecule has 0 aliphatic carbocycles. The molecule has 0 amide bonds. The van der Waals surface area contributed by atoms with Crippen LogP contribution in [0.15, 0.2) is 35.6 Å². The third-order valence-corrected chi connectivity index (χ3v) is 3.31. The SMILES string of the molecule is CC(O/N=[N+](/[O-])N1CCC(C(=O)O)C1)OC(=O)c1ccccc1. The van der Waals surface area contributed by atoms with E-state index in [1.165, 1.54) is 11.9 Å². The van der Waals surface area contributed by atoms with E-state index in [-0.39, 0.29) is 18.1 Å². The molecule has 2 unspecified atom stereocenters. The van der Waals surface area contributed by atoms with Crippen molar-refractivity contribution in [2.75, 3.05) is 13.1 Å². The van der Waals surface area contributed by atoms with Crippen molar-refractivity contribution in [2.24, 2.45) is 11.2 Å². The van der Waals surface area contributed by atoms with Gasteiger partial charge in [-0.2, -0.15) is 0 Å². The predicted octanol–water partition coefficient (Wildman–Crippen LogP) is 1.40. The van der Waals surface area contributed by atoms with E-state index in [1.54, 1.807) is 30.3 Å². The van der Waals surface area contributed by atoms with Crippen LogP contribution >= 0.6 is 0 Å². The topological polar surface area (TPSA) is 114 Å². The number of nitrogens with zero attached hydrogens (tertiary/aromatic N) is 3. The molecule has 9 nitrogen and oxygen atoms in total. The third-order valence-electron chi connectivity index (χ3n) is 3.31. The van der Waals surface area contributed by atoms with Crippen LogP contribution in [0, 0.1) is 11.1 Å². The molecule has 1 heterocycles. The first-order valence-corrected chi connectivity index (χ1v) is 7.05. The predicted molar refractivity (Wildman–Crippen MR) is 75.8 cm³/mol. The molecular weight excluding hydrogens is 306 g/mol. The first-order valence-electron chi connectivity index (χ1n) is 7.05. The summed E-state index contributed by atoms with van der Waals surface area (Å²) in [7, 11) is 0. The van der Waals surface area contributed by atoms with Crippen molar-refractivity contribution in [1.82, 2.24) is 5.01 Å². The van der Waals surface area contributed by atoms with Crippen LogP contribution < -0.4 is 0 Å². The summed E-state index contributed by atoms with van der Waals surface area (Å²) in [5, 5.41) is 25.0. The van der Waals surface area contributed by atoms with Crippen molar-refractivity contribution < 1.29 is 29.2 Å². The van der Waals surface area contributed by atoms with Crippen molar-refractivity contribution in [3.63, 3.8) is 0 Å². The molecule has 0 spiro atoms. The van der Waals surface area contributed by atoms with Gasteiger partial charge in [-0.15, -0.1) is 5.01 Å². The lowest BCUT2D eigenvalue weighted by molar-refractivity contribution is -0.709. The number of hydrogen-bond donors (Lipinski definition) is 1. The van der Waals surface area contributed by atoms with Gasteiger partial charge >= 0.3 is 11.9 Å². The second kappa shape index (κ2) is 7.43. The second-order valence-electron chi connectivity index (χ2n) is 5.02. The molecule has 1 N–H and O–H groups in total. The smallest absolute Gasteiger partial charge is 0.341 e. The summed E-state index contributed by atoms with van der Waals surface area (Å²) < 4.78 is 4.98. The summed E-state index contributed by atoms with van der Waals surface area (Å²) in [5.74, 6) is -2.15. The van der Waals surface area contributed by atoms with Crippen LogP contribution in [0.4, 0.5) is 0 Å².